The second-order valence-electron chi connectivity index (χ2n) is 2.87. The Kier molecular flexibility index (Phi) is 4.69. The Bertz CT molecular complexity index is 192. The van der Waals surface area contributed by atoms with Gasteiger partial charge in [-0.05, 0) is 6.92 Å². The van der Waals surface area contributed by atoms with Crippen LogP contribution in [0.15, 0.2) is 0 Å². The topological polar surface area (TPSA) is 74.6 Å². The number of aliphatic hydroxyl groups excluding tert-OH is 1. The summed E-state index contributed by atoms with van der Waals surface area (Å²) in [6.07, 6.45) is -0.109. The summed E-state index contributed by atoms with van der Waals surface area (Å²) in [6.45, 7) is 0.851. The summed E-state index contributed by atoms with van der Waals surface area (Å²) in [5.41, 5.74) is -1.32. The molecule has 0 aromatic carbocycles. The van der Waals surface area contributed by atoms with Crippen LogP contribution in [0.1, 0.15) is 13.3 Å². The molecule has 12 heavy (non-hydrogen) atoms. The quantitative estimate of drug-likeness (QED) is 0.569. The van der Waals surface area contributed by atoms with Gasteiger partial charge in [-0.15, -0.1) is 0 Å². The molecule has 5 heteroatoms. The van der Waals surface area contributed by atoms with E-state index in [1.807, 2.05) is 22.6 Å². The molecule has 1 unspecified atom stereocenters. The average molecular weight is 286 g/mol. The number of ketones is 1. The first-order valence-electron chi connectivity index (χ1n) is 3.38. The Hall–Kier alpha value is -0.170. The summed E-state index contributed by atoms with van der Waals surface area (Å²) in [5.74, 6) is -1.29. The summed E-state index contributed by atoms with van der Waals surface area (Å²) in [6, 6.07) is 0. The smallest absolute Gasteiger partial charge is 0.312 e. The highest BCUT2D eigenvalue weighted by Gasteiger charge is 2.34. The molecular formula is C7H11IO4. The van der Waals surface area contributed by atoms with Crippen molar-refractivity contribution in [3.05, 3.63) is 0 Å². The largest absolute Gasteiger partial charge is 0.481 e. The lowest BCUT2D eigenvalue weighted by Gasteiger charge is -2.20. The van der Waals surface area contributed by atoms with Crippen LogP contribution in [0.2, 0.25) is 0 Å². The van der Waals surface area contributed by atoms with Crippen molar-refractivity contribution in [2.75, 3.05) is 11.0 Å². The van der Waals surface area contributed by atoms with Crippen LogP contribution in [-0.4, -0.2) is 33.0 Å². The summed E-state index contributed by atoms with van der Waals surface area (Å²) >= 11 is 1.87. The zero-order valence-corrected chi connectivity index (χ0v) is 8.87. The zero-order chi connectivity index (χ0) is 9.78. The number of hydrogen-bond donors (Lipinski definition) is 2. The number of aliphatic hydroxyl groups is 1. The Morgan fingerprint density at radius 3 is 2.25 bits per heavy atom. The van der Waals surface area contributed by atoms with E-state index in [0.29, 0.717) is 0 Å². The normalized spacial score (nSPS) is 15.2. The fourth-order valence-corrected chi connectivity index (χ4v) is 0.951. The Morgan fingerprint density at radius 1 is 1.50 bits per heavy atom. The van der Waals surface area contributed by atoms with Crippen molar-refractivity contribution in [1.82, 2.24) is 0 Å². The van der Waals surface area contributed by atoms with Gasteiger partial charge in [-0.3, -0.25) is 9.59 Å². The minimum Gasteiger partial charge on any atom is -0.481 e. The number of carbonyl (C=O) groups is 2. The molecule has 0 aliphatic carbocycles. The highest BCUT2D eigenvalue weighted by Crippen LogP contribution is 2.21. The molecule has 0 spiro atoms. The molecule has 0 aromatic rings. The van der Waals surface area contributed by atoms with E-state index < -0.39 is 18.0 Å². The minimum absolute atomic E-state index is 0.109. The minimum atomic E-state index is -1.32. The molecule has 0 heterocycles. The van der Waals surface area contributed by atoms with Gasteiger partial charge in [-0.2, -0.15) is 0 Å². The van der Waals surface area contributed by atoms with Gasteiger partial charge in [0.05, 0.1) is 16.4 Å². The van der Waals surface area contributed by atoms with Crippen molar-refractivity contribution >= 4 is 34.3 Å². The maximum Gasteiger partial charge on any atom is 0.312 e. The monoisotopic (exact) mass is 286 g/mol. The third-order valence-electron chi connectivity index (χ3n) is 1.60. The highest BCUT2D eigenvalue weighted by molar-refractivity contribution is 14.1. The molecule has 0 bridgehead atoms. The van der Waals surface area contributed by atoms with Crippen LogP contribution in [0.3, 0.4) is 0 Å². The molecule has 0 aliphatic heterocycles. The maximum absolute atomic E-state index is 10.9. The number of halogens is 1. The van der Waals surface area contributed by atoms with Gasteiger partial charge in [0.15, 0.2) is 0 Å². The van der Waals surface area contributed by atoms with Crippen LogP contribution in [0, 0.1) is 5.41 Å². The van der Waals surface area contributed by atoms with Gasteiger partial charge in [0.25, 0.3) is 0 Å². The summed E-state index contributed by atoms with van der Waals surface area (Å²) < 4.78 is 0.278. The van der Waals surface area contributed by atoms with Crippen molar-refractivity contribution in [2.45, 2.75) is 13.3 Å². The van der Waals surface area contributed by atoms with Crippen molar-refractivity contribution in [3.8, 4) is 0 Å². The van der Waals surface area contributed by atoms with Gasteiger partial charge in [0, 0.05) is 6.42 Å². The van der Waals surface area contributed by atoms with Crippen LogP contribution < -0.4 is 0 Å². The summed E-state index contributed by atoms with van der Waals surface area (Å²) in [5, 5.41) is 17.4. The molecule has 0 rings (SSSR count). The fraction of sp³-hybridized carbons (Fsp3) is 0.714. The van der Waals surface area contributed by atoms with E-state index in [1.54, 1.807) is 0 Å². The SMILES string of the molecule is CC(CO)(CC(=O)CI)C(=O)O. The van der Waals surface area contributed by atoms with Crippen LogP contribution in [0.25, 0.3) is 0 Å². The Morgan fingerprint density at radius 2 is 2.00 bits per heavy atom. The highest BCUT2D eigenvalue weighted by atomic mass is 127. The van der Waals surface area contributed by atoms with Gasteiger partial charge < -0.3 is 10.2 Å². The van der Waals surface area contributed by atoms with Crippen molar-refractivity contribution < 1.29 is 19.8 Å². The number of Topliss-reactive ketones (excluding diaryl/α,β-unsaturated/α-hetero) is 1. The van der Waals surface area contributed by atoms with Crippen LogP contribution in [-0.2, 0) is 9.59 Å². The first-order valence-corrected chi connectivity index (χ1v) is 4.91. The van der Waals surface area contributed by atoms with Gasteiger partial charge in [0.1, 0.15) is 5.78 Å². The molecular weight excluding hydrogens is 275 g/mol. The third kappa shape index (κ3) is 3.06. The number of aliphatic carboxylic acids is 1. The first kappa shape index (κ1) is 11.8. The number of hydrogen-bond acceptors (Lipinski definition) is 3. The lowest BCUT2D eigenvalue weighted by atomic mass is 9.86. The second-order valence-corrected chi connectivity index (χ2v) is 3.64. The number of alkyl halides is 1. The standard InChI is InChI=1S/C7H11IO4/c1-7(4-9,6(11)12)2-5(10)3-8/h9H,2-4H2,1H3,(H,11,12). The number of carboxylic acids is 1. The molecule has 4 nitrogen and oxygen atoms in total. The predicted octanol–water partition coefficient (Wildman–Crippen LogP) is 0.464. The van der Waals surface area contributed by atoms with Gasteiger partial charge in [-0.25, -0.2) is 0 Å². The Labute approximate surface area is 84.1 Å². The van der Waals surface area contributed by atoms with E-state index in [2.05, 4.69) is 0 Å². The number of rotatable bonds is 5. The lowest BCUT2D eigenvalue weighted by Crippen LogP contribution is -2.34. The molecule has 0 amide bonds. The maximum atomic E-state index is 10.9. The first-order chi connectivity index (χ1) is 5.46. The fourth-order valence-electron chi connectivity index (χ4n) is 0.682. The second kappa shape index (κ2) is 4.76. The van der Waals surface area contributed by atoms with E-state index >= 15 is 0 Å². The molecule has 0 fully saturated rings. The van der Waals surface area contributed by atoms with E-state index in [-0.39, 0.29) is 16.6 Å². The predicted molar refractivity (Wildman–Crippen MR) is 51.3 cm³/mol. The summed E-state index contributed by atoms with van der Waals surface area (Å²) in [7, 11) is 0. The van der Waals surface area contributed by atoms with Crippen LogP contribution in [0.5, 0.6) is 0 Å². The number of carbonyl (C=O) groups excluding carboxylic acids is 1. The van der Waals surface area contributed by atoms with E-state index in [9.17, 15) is 9.59 Å². The molecule has 0 saturated heterocycles. The molecule has 70 valence electrons. The molecule has 1 atom stereocenters. The molecule has 0 saturated carbocycles. The third-order valence-corrected chi connectivity index (χ3v) is 2.45. The van der Waals surface area contributed by atoms with Gasteiger partial charge >= 0.3 is 5.97 Å². The number of carboxylic acid groups (broad SMARTS) is 1. The molecule has 0 aromatic heterocycles. The van der Waals surface area contributed by atoms with E-state index in [4.69, 9.17) is 10.2 Å². The average Bonchev–Trinajstić information content (AvgIpc) is 2.03. The van der Waals surface area contributed by atoms with E-state index in [0.717, 1.165) is 0 Å². The molecule has 2 N–H and O–H groups in total. The molecule has 0 aliphatic rings. The molecule has 0 radical (unpaired) electrons. The summed E-state index contributed by atoms with van der Waals surface area (Å²) in [4.78, 5) is 21.5. The lowest BCUT2D eigenvalue weighted by molar-refractivity contribution is -0.152. The zero-order valence-electron chi connectivity index (χ0n) is 6.71. The van der Waals surface area contributed by atoms with Gasteiger partial charge in [0.2, 0.25) is 0 Å². The Balaban J connectivity index is 4.34. The van der Waals surface area contributed by atoms with Crippen molar-refractivity contribution in [3.63, 3.8) is 0 Å². The van der Waals surface area contributed by atoms with Crippen molar-refractivity contribution in [2.24, 2.45) is 5.41 Å². The van der Waals surface area contributed by atoms with E-state index in [1.165, 1.54) is 6.92 Å². The van der Waals surface area contributed by atoms with Gasteiger partial charge in [-0.1, -0.05) is 22.6 Å². The van der Waals surface area contributed by atoms with Crippen molar-refractivity contribution in [1.29, 1.82) is 0 Å². The van der Waals surface area contributed by atoms with Crippen LogP contribution in [0.4, 0.5) is 0 Å². The van der Waals surface area contributed by atoms with Crippen LogP contribution >= 0.6 is 22.6 Å².